The van der Waals surface area contributed by atoms with E-state index in [0.29, 0.717) is 18.1 Å². The molecule has 0 aromatic rings. The van der Waals surface area contributed by atoms with E-state index in [4.69, 9.17) is 0 Å². The summed E-state index contributed by atoms with van der Waals surface area (Å²) < 4.78 is 0. The van der Waals surface area contributed by atoms with Crippen molar-refractivity contribution in [3.63, 3.8) is 0 Å². The predicted molar refractivity (Wildman–Crippen MR) is 61.5 cm³/mol. The van der Waals surface area contributed by atoms with Gasteiger partial charge in [0.1, 0.15) is 0 Å². The Labute approximate surface area is 88.7 Å². The maximum atomic E-state index is 12.0. The van der Waals surface area contributed by atoms with Gasteiger partial charge in [-0.1, -0.05) is 20.8 Å². The molecule has 0 rings (SSSR count). The van der Waals surface area contributed by atoms with Gasteiger partial charge in [0.05, 0.1) is 5.54 Å². The standard InChI is InChI=1S/C12H25NO/c1-7-12(4,13(5)6)11(14)9-8-10(2)3/h10H,7-9H2,1-6H3. The molecule has 2 heteroatoms. The van der Waals surface area contributed by atoms with Gasteiger partial charge in [0.15, 0.2) is 5.78 Å². The van der Waals surface area contributed by atoms with E-state index >= 15 is 0 Å². The normalized spacial score (nSPS) is 16.0. The monoisotopic (exact) mass is 199 g/mol. The summed E-state index contributed by atoms with van der Waals surface area (Å²) in [6, 6.07) is 0. The van der Waals surface area contributed by atoms with Crippen molar-refractivity contribution in [2.75, 3.05) is 14.1 Å². The maximum absolute atomic E-state index is 12.0. The predicted octanol–water partition coefficient (Wildman–Crippen LogP) is 2.72. The third-order valence-corrected chi connectivity index (χ3v) is 3.22. The van der Waals surface area contributed by atoms with Crippen LogP contribution in [0.3, 0.4) is 0 Å². The maximum Gasteiger partial charge on any atom is 0.152 e. The minimum atomic E-state index is -0.269. The molecular weight excluding hydrogens is 174 g/mol. The zero-order valence-electron chi connectivity index (χ0n) is 10.6. The topological polar surface area (TPSA) is 20.3 Å². The summed E-state index contributed by atoms with van der Waals surface area (Å²) >= 11 is 0. The molecule has 0 amide bonds. The summed E-state index contributed by atoms with van der Waals surface area (Å²) in [5.74, 6) is 0.987. The largest absolute Gasteiger partial charge is 0.298 e. The number of hydrogen-bond donors (Lipinski definition) is 0. The summed E-state index contributed by atoms with van der Waals surface area (Å²) in [6.07, 6.45) is 2.60. The molecule has 14 heavy (non-hydrogen) atoms. The average molecular weight is 199 g/mol. The highest BCUT2D eigenvalue weighted by molar-refractivity contribution is 5.87. The quantitative estimate of drug-likeness (QED) is 0.655. The molecule has 0 saturated heterocycles. The molecule has 0 aromatic carbocycles. The van der Waals surface area contributed by atoms with E-state index in [-0.39, 0.29) is 5.54 Å². The molecule has 0 aliphatic rings. The molecule has 0 saturated carbocycles. The molecule has 0 bridgehead atoms. The van der Waals surface area contributed by atoms with Gasteiger partial charge < -0.3 is 0 Å². The molecule has 0 N–H and O–H groups in total. The van der Waals surface area contributed by atoms with Crippen LogP contribution in [0.1, 0.15) is 47.0 Å². The molecule has 0 aromatic heterocycles. The van der Waals surface area contributed by atoms with Crippen LogP contribution >= 0.6 is 0 Å². The Kier molecular flexibility index (Phi) is 5.35. The molecule has 0 aliphatic carbocycles. The first-order chi connectivity index (χ1) is 6.34. The first-order valence-corrected chi connectivity index (χ1v) is 5.55. The fraction of sp³-hybridized carbons (Fsp3) is 0.917. The lowest BCUT2D eigenvalue weighted by Crippen LogP contribution is -2.48. The van der Waals surface area contributed by atoms with Gasteiger partial charge in [-0.05, 0) is 39.8 Å². The molecular formula is C12H25NO. The van der Waals surface area contributed by atoms with E-state index in [1.54, 1.807) is 0 Å². The fourth-order valence-electron chi connectivity index (χ4n) is 1.45. The molecule has 0 heterocycles. The highest BCUT2D eigenvalue weighted by Gasteiger charge is 2.32. The number of likely N-dealkylation sites (N-methyl/N-ethyl adjacent to an activating group) is 1. The average Bonchev–Trinajstić information content (AvgIpc) is 2.12. The van der Waals surface area contributed by atoms with Crippen LogP contribution in [0, 0.1) is 5.92 Å². The first-order valence-electron chi connectivity index (χ1n) is 5.55. The minimum Gasteiger partial charge on any atom is -0.298 e. The van der Waals surface area contributed by atoms with Crippen molar-refractivity contribution in [2.45, 2.75) is 52.5 Å². The molecule has 1 unspecified atom stereocenters. The second kappa shape index (κ2) is 5.50. The second-order valence-electron chi connectivity index (χ2n) is 4.88. The molecule has 0 aliphatic heterocycles. The Morgan fingerprint density at radius 2 is 1.86 bits per heavy atom. The lowest BCUT2D eigenvalue weighted by atomic mass is 9.88. The number of hydrogen-bond acceptors (Lipinski definition) is 2. The van der Waals surface area contributed by atoms with E-state index in [0.717, 1.165) is 12.8 Å². The van der Waals surface area contributed by atoms with Crippen LogP contribution in [0.4, 0.5) is 0 Å². The smallest absolute Gasteiger partial charge is 0.152 e. The summed E-state index contributed by atoms with van der Waals surface area (Å²) in [5.41, 5.74) is -0.269. The zero-order chi connectivity index (χ0) is 11.4. The number of rotatable bonds is 6. The molecule has 1 atom stereocenters. The lowest BCUT2D eigenvalue weighted by Gasteiger charge is -2.34. The van der Waals surface area contributed by atoms with E-state index in [1.807, 2.05) is 25.9 Å². The summed E-state index contributed by atoms with van der Waals surface area (Å²) in [6.45, 7) is 8.43. The summed E-state index contributed by atoms with van der Waals surface area (Å²) in [5, 5.41) is 0. The van der Waals surface area contributed by atoms with Gasteiger partial charge >= 0.3 is 0 Å². The summed E-state index contributed by atoms with van der Waals surface area (Å²) in [4.78, 5) is 14.0. The second-order valence-corrected chi connectivity index (χ2v) is 4.88. The van der Waals surface area contributed by atoms with Gasteiger partial charge in [0.2, 0.25) is 0 Å². The molecule has 84 valence electrons. The van der Waals surface area contributed by atoms with Gasteiger partial charge in [0, 0.05) is 6.42 Å². The van der Waals surface area contributed by atoms with E-state index in [1.165, 1.54) is 0 Å². The number of ketones is 1. The highest BCUT2D eigenvalue weighted by Crippen LogP contribution is 2.21. The van der Waals surface area contributed by atoms with Crippen LogP contribution in [0.25, 0.3) is 0 Å². The Bertz CT molecular complexity index is 187. The Balaban J connectivity index is 4.32. The third-order valence-electron chi connectivity index (χ3n) is 3.22. The number of nitrogens with zero attached hydrogens (tertiary/aromatic N) is 1. The van der Waals surface area contributed by atoms with Gasteiger partial charge in [-0.25, -0.2) is 0 Å². The van der Waals surface area contributed by atoms with Crippen molar-refractivity contribution in [1.29, 1.82) is 0 Å². The van der Waals surface area contributed by atoms with Gasteiger partial charge in [-0.3, -0.25) is 9.69 Å². The van der Waals surface area contributed by atoms with Crippen molar-refractivity contribution in [1.82, 2.24) is 4.90 Å². The molecule has 0 fully saturated rings. The van der Waals surface area contributed by atoms with E-state index in [9.17, 15) is 4.79 Å². The lowest BCUT2D eigenvalue weighted by molar-refractivity contribution is -0.129. The van der Waals surface area contributed by atoms with Crippen LogP contribution < -0.4 is 0 Å². The number of carbonyl (C=O) groups is 1. The van der Waals surface area contributed by atoms with Crippen LogP contribution in [0.15, 0.2) is 0 Å². The van der Waals surface area contributed by atoms with Crippen molar-refractivity contribution >= 4 is 5.78 Å². The molecule has 0 radical (unpaired) electrons. The number of carbonyl (C=O) groups excluding carboxylic acids is 1. The Morgan fingerprint density at radius 1 is 1.36 bits per heavy atom. The van der Waals surface area contributed by atoms with Gasteiger partial charge in [0.25, 0.3) is 0 Å². The Hall–Kier alpha value is -0.370. The van der Waals surface area contributed by atoms with E-state index in [2.05, 4.69) is 20.8 Å². The Morgan fingerprint density at radius 3 is 2.14 bits per heavy atom. The van der Waals surface area contributed by atoms with Crippen molar-refractivity contribution in [2.24, 2.45) is 5.92 Å². The van der Waals surface area contributed by atoms with Gasteiger partial charge in [-0.15, -0.1) is 0 Å². The fourth-order valence-corrected chi connectivity index (χ4v) is 1.45. The van der Waals surface area contributed by atoms with Crippen LogP contribution in [-0.2, 0) is 4.79 Å². The van der Waals surface area contributed by atoms with Crippen LogP contribution in [0.5, 0.6) is 0 Å². The number of Topliss-reactive ketones (excluding diaryl/α,β-unsaturated/α-hetero) is 1. The van der Waals surface area contributed by atoms with E-state index < -0.39 is 0 Å². The third kappa shape index (κ3) is 3.41. The van der Waals surface area contributed by atoms with Crippen molar-refractivity contribution < 1.29 is 4.79 Å². The van der Waals surface area contributed by atoms with Crippen LogP contribution in [-0.4, -0.2) is 30.3 Å². The highest BCUT2D eigenvalue weighted by atomic mass is 16.1. The van der Waals surface area contributed by atoms with Gasteiger partial charge in [-0.2, -0.15) is 0 Å². The van der Waals surface area contributed by atoms with Crippen molar-refractivity contribution in [3.8, 4) is 0 Å². The first kappa shape index (κ1) is 13.6. The summed E-state index contributed by atoms with van der Waals surface area (Å²) in [7, 11) is 3.97. The minimum absolute atomic E-state index is 0.269. The molecule has 2 nitrogen and oxygen atoms in total. The zero-order valence-corrected chi connectivity index (χ0v) is 10.6. The SMILES string of the molecule is CCC(C)(C(=O)CCC(C)C)N(C)C. The van der Waals surface area contributed by atoms with Crippen molar-refractivity contribution in [3.05, 3.63) is 0 Å². The molecule has 0 spiro atoms. The van der Waals surface area contributed by atoms with Crippen LogP contribution in [0.2, 0.25) is 0 Å².